The predicted molar refractivity (Wildman–Crippen MR) is 77.0 cm³/mol. The van der Waals surface area contributed by atoms with Crippen molar-refractivity contribution in [3.63, 3.8) is 0 Å². The quantitative estimate of drug-likeness (QED) is 0.801. The number of nitrogens with zero attached hydrogens (tertiary/aromatic N) is 5. The monoisotopic (exact) mass is 305 g/mol. The van der Waals surface area contributed by atoms with Gasteiger partial charge in [0.25, 0.3) is 5.91 Å². The molecule has 8 heteroatoms. The van der Waals surface area contributed by atoms with Crippen LogP contribution in [-0.2, 0) is 9.59 Å². The molecular formula is C14H19N5O3. The van der Waals surface area contributed by atoms with Crippen LogP contribution in [0.2, 0.25) is 0 Å². The number of piperidine rings is 1. The number of aryl methyl sites for hydroxylation is 1. The van der Waals surface area contributed by atoms with Crippen LogP contribution in [0.3, 0.4) is 0 Å². The van der Waals surface area contributed by atoms with Gasteiger partial charge in [-0.15, -0.1) is 0 Å². The van der Waals surface area contributed by atoms with Crippen molar-refractivity contribution in [3.05, 3.63) is 11.7 Å². The van der Waals surface area contributed by atoms with Gasteiger partial charge in [-0.05, 0) is 19.8 Å². The van der Waals surface area contributed by atoms with Crippen LogP contribution in [0.15, 0.2) is 9.62 Å². The van der Waals surface area contributed by atoms with E-state index >= 15 is 0 Å². The molecule has 118 valence electrons. The van der Waals surface area contributed by atoms with E-state index in [0.29, 0.717) is 43.4 Å². The molecule has 0 saturated carbocycles. The second-order valence-corrected chi connectivity index (χ2v) is 5.73. The van der Waals surface area contributed by atoms with Crippen molar-refractivity contribution < 1.29 is 14.1 Å². The lowest BCUT2D eigenvalue weighted by atomic mass is 9.97. The first-order chi connectivity index (χ1) is 10.5. The van der Waals surface area contributed by atoms with Crippen LogP contribution in [0, 0.1) is 6.92 Å². The highest BCUT2D eigenvalue weighted by Gasteiger charge is 2.31. The molecule has 2 aliphatic heterocycles. The summed E-state index contributed by atoms with van der Waals surface area (Å²) in [5.74, 6) is 1.11. The molecule has 1 aromatic heterocycles. The molecule has 0 spiro atoms. The topological polar surface area (TPSA) is 91.9 Å². The van der Waals surface area contributed by atoms with Crippen LogP contribution in [0.25, 0.3) is 0 Å². The van der Waals surface area contributed by atoms with E-state index in [2.05, 4.69) is 15.2 Å². The number of likely N-dealkylation sites (tertiary alicyclic amines) is 1. The maximum absolute atomic E-state index is 12.6. The first-order valence-electron chi connectivity index (χ1n) is 7.48. The third-order valence-electron chi connectivity index (χ3n) is 4.06. The minimum absolute atomic E-state index is 0.0607. The molecule has 1 atom stereocenters. The summed E-state index contributed by atoms with van der Waals surface area (Å²) >= 11 is 0. The lowest BCUT2D eigenvalue weighted by Gasteiger charge is -2.32. The Hall–Kier alpha value is -2.25. The maximum atomic E-state index is 12.6. The van der Waals surface area contributed by atoms with E-state index in [-0.39, 0.29) is 17.7 Å². The summed E-state index contributed by atoms with van der Waals surface area (Å²) in [7, 11) is 1.58. The van der Waals surface area contributed by atoms with Gasteiger partial charge < -0.3 is 9.42 Å². The Bertz CT molecular complexity index is 624. The van der Waals surface area contributed by atoms with E-state index in [0.717, 1.165) is 12.8 Å². The fourth-order valence-electron chi connectivity index (χ4n) is 2.85. The lowest BCUT2D eigenvalue weighted by Crippen LogP contribution is -2.44. The Morgan fingerprint density at radius 3 is 2.86 bits per heavy atom. The van der Waals surface area contributed by atoms with Crippen LogP contribution in [0.5, 0.6) is 0 Å². The molecule has 22 heavy (non-hydrogen) atoms. The molecule has 0 radical (unpaired) electrons. The van der Waals surface area contributed by atoms with Gasteiger partial charge in [0.15, 0.2) is 5.82 Å². The third-order valence-corrected chi connectivity index (χ3v) is 4.06. The summed E-state index contributed by atoms with van der Waals surface area (Å²) in [4.78, 5) is 30.1. The number of hydrogen-bond acceptors (Lipinski definition) is 6. The Morgan fingerprint density at radius 1 is 1.36 bits per heavy atom. The minimum atomic E-state index is -0.0970. The molecule has 1 saturated heterocycles. The van der Waals surface area contributed by atoms with Crippen molar-refractivity contribution in [2.24, 2.45) is 5.10 Å². The molecule has 0 bridgehead atoms. The van der Waals surface area contributed by atoms with Gasteiger partial charge in [0.05, 0.1) is 5.92 Å². The van der Waals surface area contributed by atoms with Crippen LogP contribution < -0.4 is 0 Å². The van der Waals surface area contributed by atoms with Crippen molar-refractivity contribution in [1.29, 1.82) is 0 Å². The average Bonchev–Trinajstić information content (AvgIpc) is 2.96. The highest BCUT2D eigenvalue weighted by Crippen LogP contribution is 2.26. The second-order valence-electron chi connectivity index (χ2n) is 5.73. The van der Waals surface area contributed by atoms with Crippen LogP contribution in [0.1, 0.15) is 43.3 Å². The first-order valence-corrected chi connectivity index (χ1v) is 7.48. The number of carbonyl (C=O) groups is 2. The normalized spacial score (nSPS) is 22.7. The van der Waals surface area contributed by atoms with Crippen LogP contribution in [0.4, 0.5) is 0 Å². The SMILES string of the molecule is Cc1noc([C@H]2CCCN(C(=O)C3=NN(C)C(=O)CC3)C2)n1. The van der Waals surface area contributed by atoms with E-state index in [1.807, 2.05) is 0 Å². The Morgan fingerprint density at radius 2 is 2.18 bits per heavy atom. The molecule has 2 amide bonds. The minimum Gasteiger partial charge on any atom is -0.339 e. The number of amides is 2. The molecule has 2 aliphatic rings. The van der Waals surface area contributed by atoms with E-state index in [9.17, 15) is 9.59 Å². The molecule has 0 aliphatic carbocycles. The Labute approximate surface area is 128 Å². The predicted octanol–water partition coefficient (Wildman–Crippen LogP) is 0.692. The maximum Gasteiger partial charge on any atom is 0.270 e. The summed E-state index contributed by atoms with van der Waals surface area (Å²) in [5.41, 5.74) is 0.449. The van der Waals surface area contributed by atoms with Gasteiger partial charge in [-0.3, -0.25) is 9.59 Å². The Kier molecular flexibility index (Phi) is 3.91. The van der Waals surface area contributed by atoms with Gasteiger partial charge >= 0.3 is 0 Å². The number of hydrazone groups is 1. The summed E-state index contributed by atoms with van der Waals surface area (Å²) in [6, 6.07) is 0. The van der Waals surface area contributed by atoms with Crippen molar-refractivity contribution >= 4 is 17.5 Å². The number of rotatable bonds is 2. The van der Waals surface area contributed by atoms with Gasteiger partial charge in [0.1, 0.15) is 5.71 Å². The summed E-state index contributed by atoms with van der Waals surface area (Å²) in [6.45, 7) is 3.03. The van der Waals surface area contributed by atoms with Crippen molar-refractivity contribution in [3.8, 4) is 0 Å². The average molecular weight is 305 g/mol. The van der Waals surface area contributed by atoms with Gasteiger partial charge in [0.2, 0.25) is 11.8 Å². The molecule has 0 aromatic carbocycles. The molecule has 3 rings (SSSR count). The highest BCUT2D eigenvalue weighted by atomic mass is 16.5. The van der Waals surface area contributed by atoms with Gasteiger partial charge in [0, 0.05) is 33.0 Å². The summed E-state index contributed by atoms with van der Waals surface area (Å²) in [6.07, 6.45) is 2.56. The number of aromatic nitrogens is 2. The fourth-order valence-corrected chi connectivity index (χ4v) is 2.85. The third kappa shape index (κ3) is 2.86. The lowest BCUT2D eigenvalue weighted by molar-refractivity contribution is -0.130. The van der Waals surface area contributed by atoms with Crippen molar-refractivity contribution in [1.82, 2.24) is 20.0 Å². The zero-order valence-electron chi connectivity index (χ0n) is 12.8. The first kappa shape index (κ1) is 14.7. The zero-order chi connectivity index (χ0) is 15.7. The molecule has 8 nitrogen and oxygen atoms in total. The summed E-state index contributed by atoms with van der Waals surface area (Å²) < 4.78 is 5.23. The van der Waals surface area contributed by atoms with E-state index < -0.39 is 0 Å². The molecule has 0 N–H and O–H groups in total. The van der Waals surface area contributed by atoms with Crippen LogP contribution in [-0.4, -0.2) is 57.7 Å². The van der Waals surface area contributed by atoms with Gasteiger partial charge in [-0.2, -0.15) is 10.1 Å². The Balaban J connectivity index is 1.70. The second kappa shape index (κ2) is 5.86. The number of carbonyl (C=O) groups excluding carboxylic acids is 2. The fraction of sp³-hybridized carbons (Fsp3) is 0.643. The molecular weight excluding hydrogens is 286 g/mol. The molecule has 1 fully saturated rings. The van der Waals surface area contributed by atoms with Crippen molar-refractivity contribution in [2.45, 2.75) is 38.5 Å². The summed E-state index contributed by atoms with van der Waals surface area (Å²) in [5, 5.41) is 9.16. The van der Waals surface area contributed by atoms with E-state index in [4.69, 9.17) is 4.52 Å². The standard InChI is InChI=1S/C14H19N5O3/c1-9-15-13(22-17-9)10-4-3-7-19(8-10)14(21)11-5-6-12(20)18(2)16-11/h10H,3-8H2,1-2H3/t10-/m0/s1. The van der Waals surface area contributed by atoms with E-state index in [1.165, 1.54) is 5.01 Å². The number of hydrogen-bond donors (Lipinski definition) is 0. The van der Waals surface area contributed by atoms with Gasteiger partial charge in [-0.25, -0.2) is 5.01 Å². The highest BCUT2D eigenvalue weighted by molar-refractivity contribution is 6.39. The molecule has 1 aromatic rings. The zero-order valence-corrected chi connectivity index (χ0v) is 12.8. The van der Waals surface area contributed by atoms with E-state index in [1.54, 1.807) is 18.9 Å². The smallest absolute Gasteiger partial charge is 0.270 e. The van der Waals surface area contributed by atoms with Gasteiger partial charge in [-0.1, -0.05) is 5.16 Å². The van der Waals surface area contributed by atoms with Crippen molar-refractivity contribution in [2.75, 3.05) is 20.1 Å². The molecule has 3 heterocycles. The molecule has 0 unspecified atom stereocenters. The largest absolute Gasteiger partial charge is 0.339 e. The van der Waals surface area contributed by atoms with Crippen LogP contribution >= 0.6 is 0 Å².